The molecule has 0 aliphatic carbocycles. The summed E-state index contributed by atoms with van der Waals surface area (Å²) in [6.07, 6.45) is 0. The Bertz CT molecular complexity index is 476. The Labute approximate surface area is 180 Å². The minimum absolute atomic E-state index is 0.00886. The molecule has 0 aliphatic rings. The van der Waals surface area contributed by atoms with E-state index in [9.17, 15) is 0 Å². The van der Waals surface area contributed by atoms with Crippen molar-refractivity contribution in [2.75, 3.05) is 98.9 Å². The predicted molar refractivity (Wildman–Crippen MR) is 110 cm³/mol. The van der Waals surface area contributed by atoms with Gasteiger partial charge in [0.2, 0.25) is 0 Å². The summed E-state index contributed by atoms with van der Waals surface area (Å²) >= 11 is 0. The van der Waals surface area contributed by atoms with Gasteiger partial charge in [-0.05, 0) is 16.6 Å². The first-order valence-electron chi connectivity index (χ1n) is 9.84. The summed E-state index contributed by atoms with van der Waals surface area (Å²) in [5.74, 6) is 0.00886. The lowest BCUT2D eigenvalue weighted by atomic mass is 10.2. The van der Waals surface area contributed by atoms with Gasteiger partial charge in [0.25, 0.3) is 0 Å². The van der Waals surface area contributed by atoms with Gasteiger partial charge in [0.1, 0.15) is 0 Å². The van der Waals surface area contributed by atoms with Crippen LogP contribution in [-0.2, 0) is 28.4 Å². The quantitative estimate of drug-likeness (QED) is 0.0944. The van der Waals surface area contributed by atoms with Gasteiger partial charge in [0, 0.05) is 40.3 Å². The van der Waals surface area contributed by atoms with Gasteiger partial charge in [-0.25, -0.2) is 0 Å². The van der Waals surface area contributed by atoms with Gasteiger partial charge in [-0.15, -0.1) is 0 Å². The van der Waals surface area contributed by atoms with Crippen molar-refractivity contribution < 1.29 is 28.4 Å². The molecule has 0 N–H and O–H groups in total. The van der Waals surface area contributed by atoms with Gasteiger partial charge in [0.15, 0.2) is 0 Å². The molecule has 0 fully saturated rings. The van der Waals surface area contributed by atoms with Gasteiger partial charge >= 0.3 is 0 Å². The number of ether oxygens (including phenoxy) is 6. The fraction of sp³-hybridized carbons (Fsp3) is 1.00. The highest BCUT2D eigenvalue weighted by Gasteiger charge is 2.10. The van der Waals surface area contributed by atoms with Crippen LogP contribution in [0.4, 0.5) is 0 Å². The molecular formula is C16H31N9O6. The molecule has 15 nitrogen and oxygen atoms in total. The molecule has 0 heterocycles. The SMILES string of the molecule is [N-]=[N+]=NCCOCCOCC(COCCOCCN=[N+]=[N-])COCCOCCN=[N+]=[N-]. The first-order valence-corrected chi connectivity index (χ1v) is 9.84. The van der Waals surface area contributed by atoms with E-state index in [4.69, 9.17) is 45.0 Å². The molecule has 0 rings (SSSR count). The van der Waals surface area contributed by atoms with Crippen LogP contribution in [0.3, 0.4) is 0 Å². The predicted octanol–water partition coefficient (Wildman–Crippen LogP) is 2.63. The summed E-state index contributed by atoms with van der Waals surface area (Å²) in [6.45, 7) is 5.58. The number of hydrogen-bond acceptors (Lipinski definition) is 9. The Balaban J connectivity index is 3.93. The van der Waals surface area contributed by atoms with Crippen LogP contribution in [0, 0.1) is 5.92 Å². The molecule has 0 unspecified atom stereocenters. The molecule has 176 valence electrons. The Hall–Kier alpha value is -2.31. The molecule has 0 saturated carbocycles. The Kier molecular flexibility index (Phi) is 23.8. The van der Waals surface area contributed by atoms with E-state index in [-0.39, 0.29) is 25.6 Å². The van der Waals surface area contributed by atoms with Gasteiger partial charge in [-0.2, -0.15) is 0 Å². The van der Waals surface area contributed by atoms with Crippen LogP contribution in [0.25, 0.3) is 31.3 Å². The Morgan fingerprint density at radius 2 is 0.742 bits per heavy atom. The third-order valence-electron chi connectivity index (χ3n) is 3.37. The third-order valence-corrected chi connectivity index (χ3v) is 3.37. The first kappa shape index (κ1) is 28.7. The maximum atomic E-state index is 8.18. The number of hydrogen-bond donors (Lipinski definition) is 0. The molecule has 0 radical (unpaired) electrons. The van der Waals surface area contributed by atoms with Gasteiger partial charge in [-0.3, -0.25) is 0 Å². The molecule has 0 aromatic heterocycles. The summed E-state index contributed by atoms with van der Waals surface area (Å²) in [4.78, 5) is 7.93. The topological polar surface area (TPSA) is 202 Å². The largest absolute Gasteiger partial charge is 0.379 e. The van der Waals surface area contributed by atoms with Crippen LogP contribution < -0.4 is 0 Å². The minimum atomic E-state index is 0.00886. The van der Waals surface area contributed by atoms with Crippen LogP contribution in [0.15, 0.2) is 15.3 Å². The lowest BCUT2D eigenvalue weighted by Crippen LogP contribution is -2.25. The normalized spacial score (nSPS) is 11.2. The van der Waals surface area contributed by atoms with E-state index in [1.807, 2.05) is 0 Å². The molecule has 0 amide bonds. The molecular weight excluding hydrogens is 414 g/mol. The van der Waals surface area contributed by atoms with Crippen molar-refractivity contribution in [3.05, 3.63) is 31.3 Å². The van der Waals surface area contributed by atoms with Crippen molar-refractivity contribution in [1.29, 1.82) is 0 Å². The van der Waals surface area contributed by atoms with Crippen LogP contribution in [-0.4, -0.2) is 98.9 Å². The van der Waals surface area contributed by atoms with Crippen molar-refractivity contribution in [3.8, 4) is 0 Å². The third kappa shape index (κ3) is 23.8. The lowest BCUT2D eigenvalue weighted by Gasteiger charge is -2.18. The van der Waals surface area contributed by atoms with E-state index < -0.39 is 0 Å². The zero-order valence-corrected chi connectivity index (χ0v) is 17.7. The highest BCUT2D eigenvalue weighted by Crippen LogP contribution is 2.01. The van der Waals surface area contributed by atoms with E-state index in [2.05, 4.69) is 30.1 Å². The lowest BCUT2D eigenvalue weighted by molar-refractivity contribution is -0.0359. The monoisotopic (exact) mass is 445 g/mol. The zero-order valence-electron chi connectivity index (χ0n) is 17.7. The van der Waals surface area contributed by atoms with E-state index in [0.29, 0.717) is 79.3 Å². The molecule has 0 aromatic rings. The van der Waals surface area contributed by atoms with E-state index >= 15 is 0 Å². The number of azide groups is 3. The standard InChI is InChI=1S/C16H31N9O6/c17-23-20-1-4-26-7-10-29-13-16(14-30-11-8-27-5-2-21-24-18)15-31-12-9-28-6-3-22-25-19/h16H,1-15H2. The highest BCUT2D eigenvalue weighted by molar-refractivity contribution is 4.57. The summed E-state index contributed by atoms with van der Waals surface area (Å²) in [7, 11) is 0. The maximum absolute atomic E-state index is 8.18. The molecule has 0 saturated heterocycles. The van der Waals surface area contributed by atoms with Crippen LogP contribution in [0.5, 0.6) is 0 Å². The fourth-order valence-corrected chi connectivity index (χ4v) is 2.00. The summed E-state index contributed by atoms with van der Waals surface area (Å²) < 4.78 is 32.6. The second kappa shape index (κ2) is 25.7. The van der Waals surface area contributed by atoms with Gasteiger partial charge in [0.05, 0.1) is 79.3 Å². The van der Waals surface area contributed by atoms with Crippen molar-refractivity contribution in [1.82, 2.24) is 0 Å². The van der Waals surface area contributed by atoms with Crippen LogP contribution in [0.2, 0.25) is 0 Å². The zero-order chi connectivity index (χ0) is 22.7. The summed E-state index contributed by atoms with van der Waals surface area (Å²) in [5.41, 5.74) is 24.5. The minimum Gasteiger partial charge on any atom is -0.379 e. The maximum Gasteiger partial charge on any atom is 0.0700 e. The first-order chi connectivity index (χ1) is 15.3. The van der Waals surface area contributed by atoms with Crippen molar-refractivity contribution in [2.24, 2.45) is 21.3 Å². The second-order valence-electron chi connectivity index (χ2n) is 5.79. The second-order valence-corrected chi connectivity index (χ2v) is 5.79. The molecule has 0 aliphatic heterocycles. The summed E-state index contributed by atoms with van der Waals surface area (Å²) in [5, 5.41) is 10.1. The van der Waals surface area contributed by atoms with E-state index in [1.165, 1.54) is 0 Å². The van der Waals surface area contributed by atoms with E-state index in [0.717, 1.165) is 0 Å². The Morgan fingerprint density at radius 3 is 1.03 bits per heavy atom. The van der Waals surface area contributed by atoms with E-state index in [1.54, 1.807) is 0 Å². The summed E-state index contributed by atoms with van der Waals surface area (Å²) in [6, 6.07) is 0. The Morgan fingerprint density at radius 1 is 0.452 bits per heavy atom. The van der Waals surface area contributed by atoms with Crippen molar-refractivity contribution in [2.45, 2.75) is 0 Å². The smallest absolute Gasteiger partial charge is 0.0700 e. The van der Waals surface area contributed by atoms with Crippen molar-refractivity contribution in [3.63, 3.8) is 0 Å². The molecule has 15 heteroatoms. The molecule has 0 atom stereocenters. The van der Waals surface area contributed by atoms with Gasteiger partial charge < -0.3 is 28.4 Å². The van der Waals surface area contributed by atoms with Crippen LogP contribution in [0.1, 0.15) is 0 Å². The van der Waals surface area contributed by atoms with Gasteiger partial charge in [-0.1, -0.05) is 15.3 Å². The molecule has 0 bridgehead atoms. The molecule has 0 aromatic carbocycles. The average molecular weight is 445 g/mol. The molecule has 0 spiro atoms. The number of rotatable bonds is 24. The molecule has 31 heavy (non-hydrogen) atoms. The average Bonchev–Trinajstić information content (AvgIpc) is 2.78. The van der Waals surface area contributed by atoms with Crippen molar-refractivity contribution >= 4 is 0 Å². The van der Waals surface area contributed by atoms with Crippen LogP contribution >= 0.6 is 0 Å². The highest BCUT2D eigenvalue weighted by atomic mass is 16.5. The number of nitrogens with zero attached hydrogens (tertiary/aromatic N) is 9. The fourth-order valence-electron chi connectivity index (χ4n) is 2.00.